The van der Waals surface area contributed by atoms with Crippen molar-refractivity contribution in [1.82, 2.24) is 14.8 Å². The second kappa shape index (κ2) is 6.72. The minimum Gasteiger partial charge on any atom is -0.845 e. The number of sulfonamides is 1. The van der Waals surface area contributed by atoms with Gasteiger partial charge in [0.1, 0.15) is 0 Å². The van der Waals surface area contributed by atoms with Crippen molar-refractivity contribution in [2.75, 3.05) is 11.9 Å². The first-order valence-corrected chi connectivity index (χ1v) is 11.4. The molecule has 0 amide bonds. The van der Waals surface area contributed by atoms with E-state index in [-0.39, 0.29) is 10.8 Å². The zero-order valence-electron chi connectivity index (χ0n) is 16.1. The SMILES string of the molecule is CC1CCc2c1nc1c(c2N/C([O-])=N/S(=O)(=O)c2cnn3c2OCCC3)CCC1. The van der Waals surface area contributed by atoms with Gasteiger partial charge in [-0.25, -0.2) is 4.68 Å². The number of fused-ring (bicyclic) bond motifs is 3. The van der Waals surface area contributed by atoms with Crippen molar-refractivity contribution in [2.45, 2.75) is 62.8 Å². The van der Waals surface area contributed by atoms with Crippen LogP contribution in [0.5, 0.6) is 5.88 Å². The van der Waals surface area contributed by atoms with Gasteiger partial charge in [0.05, 0.1) is 18.8 Å². The number of rotatable bonds is 3. The summed E-state index contributed by atoms with van der Waals surface area (Å²) in [4.78, 5) is 4.64. The average Bonchev–Trinajstić information content (AvgIpc) is 3.40. The summed E-state index contributed by atoms with van der Waals surface area (Å²) in [7, 11) is -4.23. The molecule has 2 aliphatic carbocycles. The maximum atomic E-state index is 12.7. The standard InChI is InChI=1S/C19H23N5O4S/c1-11-6-7-13-16(11)21-14-5-2-4-12(14)17(13)22-19(25)23-29(26,27)15-10-20-24-8-3-9-28-18(15)24/h10-11H,2-9H2,1H3,(H2,21,22,23,25)/p-1. The molecule has 0 aromatic carbocycles. The Hall–Kier alpha value is -2.62. The van der Waals surface area contributed by atoms with Crippen LogP contribution in [0, 0.1) is 0 Å². The number of nitrogens with zero attached hydrogens (tertiary/aromatic N) is 4. The van der Waals surface area contributed by atoms with E-state index in [0.29, 0.717) is 24.8 Å². The Morgan fingerprint density at radius 3 is 3.03 bits per heavy atom. The summed E-state index contributed by atoms with van der Waals surface area (Å²) in [5.41, 5.74) is 4.78. The van der Waals surface area contributed by atoms with Crippen LogP contribution in [0.25, 0.3) is 0 Å². The summed E-state index contributed by atoms with van der Waals surface area (Å²) in [5.74, 6) is 0.482. The molecule has 0 bridgehead atoms. The second-order valence-electron chi connectivity index (χ2n) is 7.80. The van der Waals surface area contributed by atoms with E-state index >= 15 is 0 Å². The molecule has 0 radical (unpaired) electrons. The number of pyridine rings is 1. The molecule has 154 valence electrons. The highest BCUT2D eigenvalue weighted by Crippen LogP contribution is 2.41. The monoisotopic (exact) mass is 416 g/mol. The van der Waals surface area contributed by atoms with Gasteiger partial charge in [-0.3, -0.25) is 4.98 Å². The molecular formula is C19H22N5O4S-. The van der Waals surface area contributed by atoms with Gasteiger partial charge in [-0.1, -0.05) is 6.92 Å². The molecule has 3 heterocycles. The number of aryl methyl sites for hydroxylation is 2. The number of anilines is 1. The fourth-order valence-corrected chi connectivity index (χ4v) is 5.39. The van der Waals surface area contributed by atoms with Gasteiger partial charge in [0.25, 0.3) is 10.0 Å². The Morgan fingerprint density at radius 2 is 2.17 bits per heavy atom. The number of nitrogens with one attached hydrogen (secondary N) is 1. The first-order valence-electron chi connectivity index (χ1n) is 9.96. The molecule has 0 saturated carbocycles. The predicted octanol–water partition coefficient (Wildman–Crippen LogP) is 1.12. The highest BCUT2D eigenvalue weighted by atomic mass is 32.2. The Labute approximate surface area is 168 Å². The van der Waals surface area contributed by atoms with Gasteiger partial charge in [0.15, 0.2) is 4.90 Å². The number of hydrogen-bond donors (Lipinski definition) is 1. The molecule has 10 heteroatoms. The van der Waals surface area contributed by atoms with E-state index in [4.69, 9.17) is 9.72 Å². The van der Waals surface area contributed by atoms with Gasteiger partial charge in [-0.05, 0) is 49.1 Å². The van der Waals surface area contributed by atoms with Crippen LogP contribution >= 0.6 is 0 Å². The first kappa shape index (κ1) is 18.4. The van der Waals surface area contributed by atoms with Crippen molar-refractivity contribution < 1.29 is 18.3 Å². The summed E-state index contributed by atoms with van der Waals surface area (Å²) in [6, 6.07) is -0.900. The number of hydrogen-bond acceptors (Lipinski definition) is 6. The zero-order chi connectivity index (χ0) is 20.2. The Balaban J connectivity index is 1.50. The lowest BCUT2D eigenvalue weighted by molar-refractivity contribution is -0.213. The quantitative estimate of drug-likeness (QED) is 0.588. The van der Waals surface area contributed by atoms with Crippen molar-refractivity contribution in [3.8, 4) is 5.88 Å². The van der Waals surface area contributed by atoms with Crippen LogP contribution in [0.4, 0.5) is 5.69 Å². The average molecular weight is 416 g/mol. The zero-order valence-corrected chi connectivity index (χ0v) is 17.0. The van der Waals surface area contributed by atoms with Gasteiger partial charge < -0.3 is 15.2 Å². The largest absolute Gasteiger partial charge is 0.845 e. The van der Waals surface area contributed by atoms with Crippen LogP contribution in [-0.4, -0.2) is 35.8 Å². The van der Waals surface area contributed by atoms with E-state index in [9.17, 15) is 13.5 Å². The summed E-state index contributed by atoms with van der Waals surface area (Å²) < 4.78 is 35.8. The Kier molecular flexibility index (Phi) is 4.27. The summed E-state index contributed by atoms with van der Waals surface area (Å²) >= 11 is 0. The molecule has 3 aliphatic rings. The Bertz CT molecular complexity index is 1120. The lowest BCUT2D eigenvalue weighted by Gasteiger charge is -2.20. The summed E-state index contributed by atoms with van der Waals surface area (Å²) in [6.07, 6.45) is 6.44. The van der Waals surface area contributed by atoms with Gasteiger partial charge in [-0.15, -0.1) is 0 Å². The third-order valence-electron chi connectivity index (χ3n) is 5.88. The smallest absolute Gasteiger partial charge is 0.290 e. The summed E-state index contributed by atoms with van der Waals surface area (Å²) in [6.45, 7) is 3.11. The number of ether oxygens (including phenoxy) is 1. The molecule has 9 nitrogen and oxygen atoms in total. The number of aromatic nitrogens is 3. The second-order valence-corrected chi connectivity index (χ2v) is 9.38. The third kappa shape index (κ3) is 3.06. The molecule has 0 fully saturated rings. The third-order valence-corrected chi connectivity index (χ3v) is 7.12. The van der Waals surface area contributed by atoms with Crippen molar-refractivity contribution >= 4 is 21.7 Å². The van der Waals surface area contributed by atoms with Crippen molar-refractivity contribution in [3.63, 3.8) is 0 Å². The van der Waals surface area contributed by atoms with E-state index in [1.807, 2.05) is 0 Å². The molecule has 29 heavy (non-hydrogen) atoms. The van der Waals surface area contributed by atoms with Crippen molar-refractivity contribution in [2.24, 2.45) is 4.40 Å². The predicted molar refractivity (Wildman–Crippen MR) is 104 cm³/mol. The Morgan fingerprint density at radius 1 is 1.31 bits per heavy atom. The van der Waals surface area contributed by atoms with E-state index in [2.05, 4.69) is 21.7 Å². The van der Waals surface area contributed by atoms with Crippen LogP contribution in [0.15, 0.2) is 15.5 Å². The normalized spacial score (nSPS) is 20.7. The molecule has 0 spiro atoms. The molecule has 1 unspecified atom stereocenters. The van der Waals surface area contributed by atoms with Crippen molar-refractivity contribution in [1.29, 1.82) is 0 Å². The topological polar surface area (TPSA) is 122 Å². The molecule has 2 aromatic heterocycles. The van der Waals surface area contributed by atoms with Gasteiger partial charge in [0, 0.05) is 30.0 Å². The first-order chi connectivity index (χ1) is 13.9. The van der Waals surface area contributed by atoms with E-state index in [1.165, 1.54) is 10.9 Å². The maximum absolute atomic E-state index is 12.7. The lowest BCUT2D eigenvalue weighted by atomic mass is 10.0. The van der Waals surface area contributed by atoms with Crippen LogP contribution in [0.3, 0.4) is 0 Å². The van der Waals surface area contributed by atoms with E-state index in [0.717, 1.165) is 61.0 Å². The van der Waals surface area contributed by atoms with Crippen LogP contribution in [-0.2, 0) is 35.8 Å². The van der Waals surface area contributed by atoms with Crippen LogP contribution in [0.1, 0.15) is 54.6 Å². The molecule has 1 atom stereocenters. The minimum absolute atomic E-state index is 0.146. The molecule has 1 aliphatic heterocycles. The molecule has 1 N–H and O–H groups in total. The highest BCUT2D eigenvalue weighted by Gasteiger charge is 2.30. The van der Waals surface area contributed by atoms with Crippen molar-refractivity contribution in [3.05, 3.63) is 28.7 Å². The fraction of sp³-hybridized carbons (Fsp3) is 0.526. The molecule has 5 rings (SSSR count). The summed E-state index contributed by atoms with van der Waals surface area (Å²) in [5, 5.41) is 19.4. The van der Waals surface area contributed by atoms with E-state index < -0.39 is 16.0 Å². The molecular weight excluding hydrogens is 394 g/mol. The van der Waals surface area contributed by atoms with Gasteiger partial charge in [-0.2, -0.15) is 17.9 Å². The van der Waals surface area contributed by atoms with Gasteiger partial charge >= 0.3 is 0 Å². The van der Waals surface area contributed by atoms with E-state index in [1.54, 1.807) is 0 Å². The number of amidine groups is 1. The maximum Gasteiger partial charge on any atom is 0.290 e. The fourth-order valence-electron chi connectivity index (χ4n) is 4.46. The lowest BCUT2D eigenvalue weighted by Crippen LogP contribution is -2.29. The minimum atomic E-state index is -4.23. The van der Waals surface area contributed by atoms with Crippen LogP contribution < -0.4 is 15.2 Å². The molecule has 0 saturated heterocycles. The highest BCUT2D eigenvalue weighted by molar-refractivity contribution is 7.90. The molecule has 2 aromatic rings. The van der Waals surface area contributed by atoms with Gasteiger partial charge in [0.2, 0.25) is 5.88 Å². The van der Waals surface area contributed by atoms with Crippen LogP contribution in [0.2, 0.25) is 0 Å².